The molecule has 0 unspecified atom stereocenters. The van der Waals surface area contributed by atoms with Crippen LogP contribution in [-0.4, -0.2) is 23.4 Å². The largest absolute Gasteiger partial charge is 0.479 e. The van der Waals surface area contributed by atoms with E-state index in [1.54, 1.807) is 0 Å². The van der Waals surface area contributed by atoms with Gasteiger partial charge in [0.2, 0.25) is 6.61 Å². The molecule has 0 aromatic rings. The standard InChI is InChI=1S/C14H21NO3/c1-9(15-18-8-13(16)17)14-5-10-2-11(6-14)4-12(3-10)7-14/h10-12H,2-8H2,1H3,(H,16,17)/b15-9+. The Kier molecular flexibility index (Phi) is 2.83. The third-order valence-electron chi connectivity index (χ3n) is 5.20. The molecule has 0 heterocycles. The predicted octanol–water partition coefficient (Wildman–Crippen LogP) is 2.68. The van der Waals surface area contributed by atoms with E-state index in [1.165, 1.54) is 38.5 Å². The highest BCUT2D eigenvalue weighted by Gasteiger charge is 2.52. The van der Waals surface area contributed by atoms with Gasteiger partial charge in [-0.2, -0.15) is 0 Å². The number of rotatable bonds is 4. The third kappa shape index (κ3) is 2.02. The molecule has 4 heteroatoms. The van der Waals surface area contributed by atoms with E-state index >= 15 is 0 Å². The average molecular weight is 251 g/mol. The van der Waals surface area contributed by atoms with Crippen molar-refractivity contribution in [2.75, 3.05) is 6.61 Å². The minimum absolute atomic E-state index is 0.229. The zero-order valence-corrected chi connectivity index (χ0v) is 10.9. The second-order valence-corrected chi connectivity index (χ2v) is 6.54. The van der Waals surface area contributed by atoms with Crippen LogP contribution < -0.4 is 0 Å². The first-order valence-corrected chi connectivity index (χ1v) is 6.96. The monoisotopic (exact) mass is 251 g/mol. The highest BCUT2D eigenvalue weighted by Crippen LogP contribution is 2.60. The molecule has 0 aliphatic heterocycles. The topological polar surface area (TPSA) is 58.9 Å². The lowest BCUT2D eigenvalue weighted by molar-refractivity contribution is -0.142. The summed E-state index contributed by atoms with van der Waals surface area (Å²) in [6.07, 6.45) is 7.94. The van der Waals surface area contributed by atoms with Gasteiger partial charge in [-0.25, -0.2) is 4.79 Å². The fraction of sp³-hybridized carbons (Fsp3) is 0.857. The van der Waals surface area contributed by atoms with E-state index in [9.17, 15) is 4.79 Å². The van der Waals surface area contributed by atoms with Gasteiger partial charge in [0.05, 0.1) is 5.71 Å². The second kappa shape index (κ2) is 4.25. The normalized spacial score (nSPS) is 42.1. The van der Waals surface area contributed by atoms with Crippen LogP contribution in [0.5, 0.6) is 0 Å². The van der Waals surface area contributed by atoms with Gasteiger partial charge in [-0.1, -0.05) is 5.16 Å². The van der Waals surface area contributed by atoms with Crippen molar-refractivity contribution >= 4 is 11.7 Å². The minimum atomic E-state index is -0.961. The summed E-state index contributed by atoms with van der Waals surface area (Å²) in [6, 6.07) is 0. The molecule has 0 spiro atoms. The molecule has 1 N–H and O–H groups in total. The van der Waals surface area contributed by atoms with Gasteiger partial charge in [0.25, 0.3) is 0 Å². The second-order valence-electron chi connectivity index (χ2n) is 6.54. The van der Waals surface area contributed by atoms with Crippen molar-refractivity contribution in [3.63, 3.8) is 0 Å². The molecule has 0 atom stereocenters. The van der Waals surface area contributed by atoms with Crippen LogP contribution >= 0.6 is 0 Å². The van der Waals surface area contributed by atoms with E-state index in [0.717, 1.165) is 23.5 Å². The van der Waals surface area contributed by atoms with Crippen LogP contribution in [0.25, 0.3) is 0 Å². The van der Waals surface area contributed by atoms with E-state index in [1.807, 2.05) is 6.92 Å². The Morgan fingerprint density at radius 3 is 2.17 bits per heavy atom. The van der Waals surface area contributed by atoms with Crippen LogP contribution in [0.4, 0.5) is 0 Å². The van der Waals surface area contributed by atoms with Gasteiger partial charge in [0.15, 0.2) is 0 Å². The molecule has 4 saturated carbocycles. The maximum atomic E-state index is 10.4. The lowest BCUT2D eigenvalue weighted by Crippen LogP contribution is -2.49. The number of carboxylic acids is 1. The summed E-state index contributed by atoms with van der Waals surface area (Å²) in [5.74, 6) is 1.67. The molecule has 0 aromatic heterocycles. The molecule has 4 fully saturated rings. The van der Waals surface area contributed by atoms with Crippen LogP contribution in [0.15, 0.2) is 5.16 Å². The van der Waals surface area contributed by atoms with Crippen molar-refractivity contribution in [3.8, 4) is 0 Å². The molecule has 0 amide bonds. The Hall–Kier alpha value is -1.06. The van der Waals surface area contributed by atoms with Gasteiger partial charge in [-0.3, -0.25) is 0 Å². The summed E-state index contributed by atoms with van der Waals surface area (Å²) in [4.78, 5) is 15.4. The first-order valence-electron chi connectivity index (χ1n) is 6.96. The number of carbonyl (C=O) groups is 1. The molecule has 0 radical (unpaired) electrons. The molecule has 4 rings (SSSR count). The van der Waals surface area contributed by atoms with Gasteiger partial charge in [-0.05, 0) is 63.2 Å². The first-order chi connectivity index (χ1) is 8.57. The number of hydrogen-bond acceptors (Lipinski definition) is 3. The van der Waals surface area contributed by atoms with E-state index < -0.39 is 5.97 Å². The third-order valence-corrected chi connectivity index (χ3v) is 5.20. The van der Waals surface area contributed by atoms with E-state index in [0.29, 0.717) is 0 Å². The lowest BCUT2D eigenvalue weighted by atomic mass is 9.48. The van der Waals surface area contributed by atoms with Crippen molar-refractivity contribution in [2.24, 2.45) is 28.3 Å². The van der Waals surface area contributed by atoms with Crippen molar-refractivity contribution in [3.05, 3.63) is 0 Å². The Balaban J connectivity index is 1.72. The zero-order chi connectivity index (χ0) is 12.8. The summed E-state index contributed by atoms with van der Waals surface area (Å²) in [6.45, 7) is 1.69. The highest BCUT2D eigenvalue weighted by atomic mass is 16.6. The molecular weight excluding hydrogens is 230 g/mol. The molecule has 4 nitrogen and oxygen atoms in total. The van der Waals surface area contributed by atoms with Crippen molar-refractivity contribution < 1.29 is 14.7 Å². The molecular formula is C14H21NO3. The summed E-state index contributed by atoms with van der Waals surface area (Å²) in [7, 11) is 0. The maximum absolute atomic E-state index is 10.4. The zero-order valence-electron chi connectivity index (χ0n) is 10.9. The Morgan fingerprint density at radius 2 is 1.72 bits per heavy atom. The summed E-state index contributed by atoms with van der Waals surface area (Å²) in [5, 5.41) is 12.7. The molecule has 0 saturated heterocycles. The van der Waals surface area contributed by atoms with E-state index in [-0.39, 0.29) is 12.0 Å². The first kappa shape index (κ1) is 12.0. The van der Waals surface area contributed by atoms with Crippen molar-refractivity contribution in [1.29, 1.82) is 0 Å². The number of aliphatic carboxylic acids is 1. The highest BCUT2D eigenvalue weighted by molar-refractivity contribution is 5.88. The number of hydrogen-bond donors (Lipinski definition) is 1. The van der Waals surface area contributed by atoms with Crippen molar-refractivity contribution in [1.82, 2.24) is 0 Å². The van der Waals surface area contributed by atoms with Gasteiger partial charge >= 0.3 is 5.97 Å². The lowest BCUT2D eigenvalue weighted by Gasteiger charge is -2.56. The fourth-order valence-electron chi connectivity index (χ4n) is 4.83. The molecule has 18 heavy (non-hydrogen) atoms. The van der Waals surface area contributed by atoms with Gasteiger partial charge < -0.3 is 9.94 Å². The Morgan fingerprint density at radius 1 is 1.22 bits per heavy atom. The molecule has 100 valence electrons. The van der Waals surface area contributed by atoms with Crippen LogP contribution in [0.2, 0.25) is 0 Å². The SMILES string of the molecule is C/C(=N\OCC(=O)O)C12CC3CC(CC(C3)C1)C2. The minimum Gasteiger partial charge on any atom is -0.479 e. The van der Waals surface area contributed by atoms with Gasteiger partial charge in [0, 0.05) is 5.41 Å². The Labute approximate surface area is 107 Å². The number of oxime groups is 1. The molecule has 0 aromatic carbocycles. The number of carboxylic acid groups (broad SMARTS) is 1. The summed E-state index contributed by atoms with van der Waals surface area (Å²) in [5.41, 5.74) is 1.26. The Bertz CT molecular complexity index is 353. The van der Waals surface area contributed by atoms with E-state index in [2.05, 4.69) is 5.16 Å². The predicted molar refractivity (Wildman–Crippen MR) is 67.3 cm³/mol. The van der Waals surface area contributed by atoms with Crippen LogP contribution in [0.3, 0.4) is 0 Å². The van der Waals surface area contributed by atoms with Gasteiger partial charge in [0.1, 0.15) is 0 Å². The van der Waals surface area contributed by atoms with Crippen LogP contribution in [0, 0.1) is 23.2 Å². The van der Waals surface area contributed by atoms with Gasteiger partial charge in [-0.15, -0.1) is 0 Å². The summed E-state index contributed by atoms with van der Waals surface area (Å²) < 4.78 is 0. The number of nitrogens with zero attached hydrogens (tertiary/aromatic N) is 1. The van der Waals surface area contributed by atoms with E-state index in [4.69, 9.17) is 9.94 Å². The average Bonchev–Trinajstić information content (AvgIpc) is 2.26. The quantitative estimate of drug-likeness (QED) is 0.617. The summed E-state index contributed by atoms with van der Waals surface area (Å²) >= 11 is 0. The molecule has 4 aliphatic rings. The molecule has 4 aliphatic carbocycles. The fourth-order valence-corrected chi connectivity index (χ4v) is 4.83. The van der Waals surface area contributed by atoms with Crippen LogP contribution in [-0.2, 0) is 9.63 Å². The molecule has 4 bridgehead atoms. The van der Waals surface area contributed by atoms with Crippen molar-refractivity contribution in [2.45, 2.75) is 45.4 Å². The van der Waals surface area contributed by atoms with Crippen LogP contribution in [0.1, 0.15) is 45.4 Å². The smallest absolute Gasteiger partial charge is 0.344 e. The maximum Gasteiger partial charge on any atom is 0.344 e.